The third-order valence-corrected chi connectivity index (χ3v) is 8.62. The average molecular weight is 854 g/mol. The van der Waals surface area contributed by atoms with Crippen molar-refractivity contribution in [3.63, 3.8) is 0 Å². The second-order valence-electron chi connectivity index (χ2n) is 13.0. The maximum absolute atomic E-state index is 12.3. The van der Waals surface area contributed by atoms with Crippen molar-refractivity contribution >= 4 is 12.1 Å². The summed E-state index contributed by atoms with van der Waals surface area (Å²) < 4.78 is 75.4. The molecule has 0 bridgehead atoms. The van der Waals surface area contributed by atoms with Crippen molar-refractivity contribution in [3.8, 4) is 11.1 Å². The minimum Gasteiger partial charge on any atom is -0.467 e. The number of fused-ring (bicyclic) bond motifs is 3. The molecule has 340 valence electrons. The number of rotatable bonds is 41. The molecular weight excluding hydrogens is 786 g/mol. The fourth-order valence-electron chi connectivity index (χ4n) is 5.65. The summed E-state index contributed by atoms with van der Waals surface area (Å²) in [5.41, 5.74) is 4.79. The van der Waals surface area contributed by atoms with Gasteiger partial charge in [-0.1, -0.05) is 48.5 Å². The summed E-state index contributed by atoms with van der Waals surface area (Å²) in [6.45, 7) is 11.4. The van der Waals surface area contributed by atoms with Gasteiger partial charge in [-0.2, -0.15) is 0 Å². The highest BCUT2D eigenvalue weighted by molar-refractivity contribution is 5.79. The molecule has 1 N–H and O–H groups in total. The van der Waals surface area contributed by atoms with Gasteiger partial charge in [0, 0.05) is 19.1 Å². The van der Waals surface area contributed by atoms with Gasteiger partial charge >= 0.3 is 12.1 Å². The molecular formula is C43H67NO16. The van der Waals surface area contributed by atoms with Crippen LogP contribution in [0.5, 0.6) is 0 Å². The molecule has 0 saturated carbocycles. The van der Waals surface area contributed by atoms with Gasteiger partial charge in [-0.05, 0) is 28.7 Å². The monoisotopic (exact) mass is 853 g/mol. The molecule has 2 aromatic rings. The molecule has 0 radical (unpaired) electrons. The van der Waals surface area contributed by atoms with E-state index in [0.717, 1.165) is 0 Å². The Kier molecular flexibility index (Phi) is 30.9. The molecule has 0 unspecified atom stereocenters. The molecule has 0 aliphatic heterocycles. The standard InChI is InChI=1S/C43H67NO16/c1-47-42(45)36-59-34-33-58-32-31-57-30-29-56-28-27-55-26-25-54-24-23-53-22-21-52-20-19-51-18-17-50-16-15-49-14-13-48-12-6-11-44-43(46)60-35-41-39-9-4-2-7-37(39)38-8-3-5-10-40(38)41/h2-5,7-10,41H,6,11-36H2,1H3,(H,44,46). The first kappa shape index (κ1) is 51.1. The Balaban J connectivity index is 0.922. The number of hydrogen-bond donors (Lipinski definition) is 1. The van der Waals surface area contributed by atoms with Crippen LogP contribution in [0.15, 0.2) is 48.5 Å². The molecule has 1 aliphatic carbocycles. The minimum atomic E-state index is -0.420. The lowest BCUT2D eigenvalue weighted by Gasteiger charge is -2.14. The molecule has 17 heteroatoms. The van der Waals surface area contributed by atoms with Gasteiger partial charge in [-0.15, -0.1) is 0 Å². The number of amides is 1. The number of alkyl carbamates (subject to hydrolysis) is 1. The molecule has 0 aromatic heterocycles. The van der Waals surface area contributed by atoms with E-state index >= 15 is 0 Å². The summed E-state index contributed by atoms with van der Waals surface area (Å²) in [5, 5.41) is 2.80. The molecule has 3 rings (SSSR count). The molecule has 0 saturated heterocycles. The Bertz CT molecular complexity index is 1310. The maximum atomic E-state index is 12.3. The first-order valence-corrected chi connectivity index (χ1v) is 20.8. The van der Waals surface area contributed by atoms with Gasteiger partial charge in [0.05, 0.1) is 152 Å². The fourth-order valence-corrected chi connectivity index (χ4v) is 5.65. The quantitative estimate of drug-likeness (QED) is 0.0762. The van der Waals surface area contributed by atoms with Gasteiger partial charge in [-0.25, -0.2) is 9.59 Å². The van der Waals surface area contributed by atoms with Crippen molar-refractivity contribution in [1.82, 2.24) is 5.32 Å². The zero-order chi connectivity index (χ0) is 42.4. The van der Waals surface area contributed by atoms with Crippen LogP contribution in [-0.2, 0) is 71.1 Å². The lowest BCUT2D eigenvalue weighted by Crippen LogP contribution is -2.27. The summed E-state index contributed by atoms with van der Waals surface area (Å²) in [6, 6.07) is 16.6. The van der Waals surface area contributed by atoms with Gasteiger partial charge < -0.3 is 71.6 Å². The molecule has 0 atom stereocenters. The molecule has 60 heavy (non-hydrogen) atoms. The van der Waals surface area contributed by atoms with E-state index < -0.39 is 12.1 Å². The molecule has 2 aromatic carbocycles. The largest absolute Gasteiger partial charge is 0.467 e. The number of benzene rings is 2. The Morgan fingerprint density at radius 2 is 0.767 bits per heavy atom. The van der Waals surface area contributed by atoms with Crippen LogP contribution in [0.1, 0.15) is 23.5 Å². The smallest absolute Gasteiger partial charge is 0.407 e. The highest BCUT2D eigenvalue weighted by Gasteiger charge is 2.29. The maximum Gasteiger partial charge on any atom is 0.407 e. The highest BCUT2D eigenvalue weighted by Crippen LogP contribution is 2.44. The van der Waals surface area contributed by atoms with E-state index in [0.29, 0.717) is 172 Å². The normalized spacial score (nSPS) is 12.1. The van der Waals surface area contributed by atoms with Gasteiger partial charge in [0.1, 0.15) is 13.2 Å². The van der Waals surface area contributed by atoms with Crippen LogP contribution in [0.4, 0.5) is 4.79 Å². The van der Waals surface area contributed by atoms with Crippen molar-refractivity contribution in [1.29, 1.82) is 0 Å². The van der Waals surface area contributed by atoms with E-state index in [1.165, 1.54) is 29.4 Å². The first-order chi connectivity index (χ1) is 29.7. The van der Waals surface area contributed by atoms with Gasteiger partial charge in [0.2, 0.25) is 0 Å². The summed E-state index contributed by atoms with van der Waals surface area (Å²) in [6.07, 6.45) is 0.259. The third kappa shape index (κ3) is 24.8. The molecule has 0 heterocycles. The van der Waals surface area contributed by atoms with E-state index in [1.807, 2.05) is 24.3 Å². The average Bonchev–Trinajstić information content (AvgIpc) is 3.59. The van der Waals surface area contributed by atoms with E-state index in [9.17, 15) is 9.59 Å². The van der Waals surface area contributed by atoms with E-state index in [4.69, 9.17) is 61.6 Å². The summed E-state index contributed by atoms with van der Waals surface area (Å²) in [5.74, 6) is -0.367. The van der Waals surface area contributed by atoms with Crippen molar-refractivity contribution in [3.05, 3.63) is 59.7 Å². The Morgan fingerprint density at radius 1 is 0.450 bits per heavy atom. The number of hydrogen-bond acceptors (Lipinski definition) is 16. The first-order valence-electron chi connectivity index (χ1n) is 20.8. The predicted molar refractivity (Wildman–Crippen MR) is 220 cm³/mol. The molecule has 17 nitrogen and oxygen atoms in total. The van der Waals surface area contributed by atoms with E-state index in [-0.39, 0.29) is 12.5 Å². The molecule has 0 spiro atoms. The molecule has 0 fully saturated rings. The zero-order valence-electron chi connectivity index (χ0n) is 35.3. The van der Waals surface area contributed by atoms with Gasteiger partial charge in [0.15, 0.2) is 0 Å². The number of carbonyl (C=O) groups excluding carboxylic acids is 2. The number of methoxy groups -OCH3 is 1. The molecule has 1 amide bonds. The Hall–Kier alpha value is -3.30. The highest BCUT2D eigenvalue weighted by atomic mass is 16.6. The number of nitrogens with one attached hydrogen (secondary N) is 1. The van der Waals surface area contributed by atoms with Gasteiger partial charge in [0.25, 0.3) is 0 Å². The SMILES string of the molecule is COC(=O)COCCOCCOCCOCCOCCOCCOCCOCCOCCOCCOCCOCCCNC(=O)OCC1c2ccccc2-c2ccccc21. The summed E-state index contributed by atoms with van der Waals surface area (Å²) >= 11 is 0. The van der Waals surface area contributed by atoms with Crippen molar-refractivity contribution in [2.45, 2.75) is 12.3 Å². The summed E-state index contributed by atoms with van der Waals surface area (Å²) in [4.78, 5) is 23.2. The van der Waals surface area contributed by atoms with Crippen LogP contribution in [0.25, 0.3) is 11.1 Å². The van der Waals surface area contributed by atoms with E-state index in [1.54, 1.807) is 0 Å². The Labute approximate surface area is 354 Å². The van der Waals surface area contributed by atoms with Crippen LogP contribution in [0, 0.1) is 0 Å². The Morgan fingerprint density at radius 3 is 1.12 bits per heavy atom. The second kappa shape index (κ2) is 36.4. The second-order valence-corrected chi connectivity index (χ2v) is 13.0. The predicted octanol–water partition coefficient (Wildman–Crippen LogP) is 3.29. The van der Waals surface area contributed by atoms with Crippen LogP contribution >= 0.6 is 0 Å². The lowest BCUT2D eigenvalue weighted by atomic mass is 9.98. The van der Waals surface area contributed by atoms with E-state index in [2.05, 4.69) is 34.3 Å². The van der Waals surface area contributed by atoms with Crippen molar-refractivity contribution in [2.24, 2.45) is 0 Å². The topological polar surface area (TPSA) is 175 Å². The lowest BCUT2D eigenvalue weighted by molar-refractivity contribution is -0.146. The van der Waals surface area contributed by atoms with Crippen LogP contribution < -0.4 is 5.32 Å². The van der Waals surface area contributed by atoms with Crippen molar-refractivity contribution in [2.75, 3.05) is 179 Å². The molecule has 1 aliphatic rings. The zero-order valence-corrected chi connectivity index (χ0v) is 35.3. The number of carbonyl (C=O) groups is 2. The fraction of sp³-hybridized carbons (Fsp3) is 0.674. The van der Waals surface area contributed by atoms with Crippen LogP contribution in [-0.4, -0.2) is 191 Å². The summed E-state index contributed by atoms with van der Waals surface area (Å²) in [7, 11) is 1.31. The van der Waals surface area contributed by atoms with Crippen molar-refractivity contribution < 1.29 is 75.9 Å². The van der Waals surface area contributed by atoms with Gasteiger partial charge in [-0.3, -0.25) is 0 Å². The van der Waals surface area contributed by atoms with Crippen LogP contribution in [0.3, 0.4) is 0 Å². The minimum absolute atomic E-state index is 0.0447. The third-order valence-electron chi connectivity index (χ3n) is 8.62. The van der Waals surface area contributed by atoms with Crippen LogP contribution in [0.2, 0.25) is 0 Å². The number of ether oxygens (including phenoxy) is 14. The number of esters is 1.